The Hall–Kier alpha value is -2.73. The molecule has 26 heavy (non-hydrogen) atoms. The molecule has 2 heterocycles. The van der Waals surface area contributed by atoms with Crippen molar-refractivity contribution in [2.45, 2.75) is 30.0 Å². The van der Waals surface area contributed by atoms with Gasteiger partial charge in [0.25, 0.3) is 5.91 Å². The third kappa shape index (κ3) is 3.08. The van der Waals surface area contributed by atoms with Crippen molar-refractivity contribution in [3.05, 3.63) is 59.9 Å². The van der Waals surface area contributed by atoms with Crippen molar-refractivity contribution in [1.82, 2.24) is 5.32 Å². The molecule has 0 radical (unpaired) electrons. The summed E-state index contributed by atoms with van der Waals surface area (Å²) in [5, 5.41) is 6.67. The van der Waals surface area contributed by atoms with Gasteiger partial charge < -0.3 is 15.1 Å². The maximum Gasteiger partial charge on any atom is 0.251 e. The topological polar surface area (TPSA) is 71.3 Å². The number of furan rings is 1. The van der Waals surface area contributed by atoms with Crippen LogP contribution in [0.4, 0.5) is 5.69 Å². The lowest BCUT2D eigenvalue weighted by Crippen LogP contribution is -2.28. The van der Waals surface area contributed by atoms with Gasteiger partial charge in [-0.2, -0.15) is 0 Å². The highest BCUT2D eigenvalue weighted by molar-refractivity contribution is 8.00. The van der Waals surface area contributed by atoms with Crippen LogP contribution in [-0.2, 0) is 4.79 Å². The number of benzene rings is 2. The van der Waals surface area contributed by atoms with Crippen LogP contribution in [0.3, 0.4) is 0 Å². The Kier molecular flexibility index (Phi) is 4.20. The van der Waals surface area contributed by atoms with Gasteiger partial charge in [-0.15, -0.1) is 11.8 Å². The second-order valence-electron chi connectivity index (χ2n) is 6.34. The van der Waals surface area contributed by atoms with Crippen molar-refractivity contribution >= 4 is 40.2 Å². The number of thioether (sulfide) groups is 1. The number of hydrogen-bond acceptors (Lipinski definition) is 4. The molecule has 6 heteroatoms. The molecule has 0 aliphatic carbocycles. The predicted molar refractivity (Wildman–Crippen MR) is 102 cm³/mol. The molecular formula is C20H18N2O3S. The van der Waals surface area contributed by atoms with E-state index in [1.54, 1.807) is 12.1 Å². The molecule has 0 unspecified atom stereocenters. The van der Waals surface area contributed by atoms with Gasteiger partial charge in [0.1, 0.15) is 11.3 Å². The molecule has 2 aromatic carbocycles. The Morgan fingerprint density at radius 3 is 2.85 bits per heavy atom. The normalized spacial score (nSPS) is 17.5. The lowest BCUT2D eigenvalue weighted by Gasteiger charge is -2.22. The van der Waals surface area contributed by atoms with Crippen molar-refractivity contribution in [2.24, 2.45) is 0 Å². The van der Waals surface area contributed by atoms with E-state index in [1.807, 2.05) is 50.2 Å². The first-order chi connectivity index (χ1) is 12.5. The number of para-hydroxylation sites is 1. The highest BCUT2D eigenvalue weighted by Crippen LogP contribution is 2.36. The number of carbonyl (C=O) groups excluding carboxylic acids is 2. The summed E-state index contributed by atoms with van der Waals surface area (Å²) in [5.74, 6) is 0.449. The van der Waals surface area contributed by atoms with E-state index in [9.17, 15) is 9.59 Å². The summed E-state index contributed by atoms with van der Waals surface area (Å²) >= 11 is 1.49. The van der Waals surface area contributed by atoms with E-state index in [0.29, 0.717) is 17.0 Å². The molecule has 1 aromatic heterocycles. The van der Waals surface area contributed by atoms with Crippen LogP contribution in [0.5, 0.6) is 0 Å². The Bertz CT molecular complexity index is 978. The third-order valence-electron chi connectivity index (χ3n) is 4.39. The van der Waals surface area contributed by atoms with Gasteiger partial charge in [0.05, 0.1) is 17.0 Å². The maximum absolute atomic E-state index is 12.6. The summed E-state index contributed by atoms with van der Waals surface area (Å²) in [7, 11) is 0. The molecule has 0 saturated heterocycles. The molecule has 4 rings (SSSR count). The van der Waals surface area contributed by atoms with Crippen LogP contribution in [0.25, 0.3) is 11.0 Å². The van der Waals surface area contributed by atoms with Crippen LogP contribution in [-0.4, -0.2) is 17.1 Å². The number of anilines is 1. The van der Waals surface area contributed by atoms with Crippen LogP contribution in [0.15, 0.2) is 57.8 Å². The Morgan fingerprint density at radius 2 is 2.04 bits per heavy atom. The summed E-state index contributed by atoms with van der Waals surface area (Å²) in [6, 6.07) is 14.8. The van der Waals surface area contributed by atoms with Crippen LogP contribution >= 0.6 is 11.8 Å². The van der Waals surface area contributed by atoms with Crippen molar-refractivity contribution in [1.29, 1.82) is 0 Å². The van der Waals surface area contributed by atoms with Gasteiger partial charge in [0.15, 0.2) is 0 Å². The van der Waals surface area contributed by atoms with Gasteiger partial charge in [-0.05, 0) is 44.2 Å². The van der Waals surface area contributed by atoms with E-state index in [1.165, 1.54) is 11.8 Å². The van der Waals surface area contributed by atoms with E-state index in [-0.39, 0.29) is 23.1 Å². The first-order valence-electron chi connectivity index (χ1n) is 8.42. The number of carbonyl (C=O) groups is 2. The Balaban J connectivity index is 1.52. The van der Waals surface area contributed by atoms with Crippen LogP contribution in [0.2, 0.25) is 0 Å². The number of rotatable bonds is 3. The van der Waals surface area contributed by atoms with E-state index in [4.69, 9.17) is 4.42 Å². The zero-order valence-corrected chi connectivity index (χ0v) is 15.2. The first kappa shape index (κ1) is 16.7. The average molecular weight is 366 g/mol. The summed E-state index contributed by atoms with van der Waals surface area (Å²) in [6.07, 6.45) is 0. The van der Waals surface area contributed by atoms with Crippen molar-refractivity contribution in [3.63, 3.8) is 0 Å². The fourth-order valence-corrected chi connectivity index (χ4v) is 3.85. The molecule has 1 aliphatic rings. The third-order valence-corrected chi connectivity index (χ3v) is 5.57. The van der Waals surface area contributed by atoms with Crippen molar-refractivity contribution in [2.75, 3.05) is 5.32 Å². The largest absolute Gasteiger partial charge is 0.459 e. The SMILES string of the molecule is C[C@@H]1Sc2ccc(C(=O)N[C@H](C)c3cc4ccccc4o3)cc2NC1=O. The molecule has 1 aliphatic heterocycles. The Morgan fingerprint density at radius 1 is 1.23 bits per heavy atom. The predicted octanol–water partition coefficient (Wildman–Crippen LogP) is 4.36. The van der Waals surface area contributed by atoms with Gasteiger partial charge in [-0.3, -0.25) is 9.59 Å². The van der Waals surface area contributed by atoms with Gasteiger partial charge in [-0.25, -0.2) is 0 Å². The summed E-state index contributed by atoms with van der Waals surface area (Å²) in [5.41, 5.74) is 1.98. The van der Waals surface area contributed by atoms with Gasteiger partial charge in [0.2, 0.25) is 5.91 Å². The molecule has 132 valence electrons. The minimum atomic E-state index is -0.269. The zero-order chi connectivity index (χ0) is 18.3. The first-order valence-corrected chi connectivity index (χ1v) is 9.30. The molecule has 2 N–H and O–H groups in total. The van der Waals surface area contributed by atoms with Crippen molar-refractivity contribution in [3.8, 4) is 0 Å². The van der Waals surface area contributed by atoms with Crippen molar-refractivity contribution < 1.29 is 14.0 Å². The molecule has 0 bridgehead atoms. The smallest absolute Gasteiger partial charge is 0.251 e. The zero-order valence-electron chi connectivity index (χ0n) is 14.4. The second kappa shape index (κ2) is 6.53. The second-order valence-corrected chi connectivity index (χ2v) is 7.72. The average Bonchev–Trinajstić information content (AvgIpc) is 3.06. The minimum Gasteiger partial charge on any atom is -0.459 e. The van der Waals surface area contributed by atoms with Crippen LogP contribution in [0.1, 0.15) is 36.0 Å². The quantitative estimate of drug-likeness (QED) is 0.723. The van der Waals surface area contributed by atoms with E-state index in [0.717, 1.165) is 15.9 Å². The van der Waals surface area contributed by atoms with Gasteiger partial charge in [0, 0.05) is 15.8 Å². The summed E-state index contributed by atoms with van der Waals surface area (Å²) < 4.78 is 5.81. The molecule has 5 nitrogen and oxygen atoms in total. The molecule has 0 fully saturated rings. The fourth-order valence-electron chi connectivity index (χ4n) is 2.92. The highest BCUT2D eigenvalue weighted by atomic mass is 32.2. The Labute approximate surface area is 155 Å². The standard InChI is InChI=1S/C20H18N2O3S/c1-11(17-10-13-5-3-4-6-16(13)25-17)21-20(24)14-7-8-18-15(9-14)22-19(23)12(2)26-18/h3-12H,1-2H3,(H,21,24)(H,22,23)/t11-,12+/m1/s1. The van der Waals surface area contributed by atoms with E-state index >= 15 is 0 Å². The molecule has 0 spiro atoms. The van der Waals surface area contributed by atoms with Gasteiger partial charge in [-0.1, -0.05) is 18.2 Å². The van der Waals surface area contributed by atoms with E-state index in [2.05, 4.69) is 10.6 Å². The van der Waals surface area contributed by atoms with Crippen LogP contribution < -0.4 is 10.6 Å². The molecule has 2 amide bonds. The lowest BCUT2D eigenvalue weighted by molar-refractivity contribution is -0.115. The number of fused-ring (bicyclic) bond motifs is 2. The van der Waals surface area contributed by atoms with Gasteiger partial charge >= 0.3 is 0 Å². The molecular weight excluding hydrogens is 348 g/mol. The number of nitrogens with one attached hydrogen (secondary N) is 2. The molecule has 3 aromatic rings. The van der Waals surface area contributed by atoms with E-state index < -0.39 is 0 Å². The molecule has 0 saturated carbocycles. The number of hydrogen-bond donors (Lipinski definition) is 2. The van der Waals surface area contributed by atoms with Crippen LogP contribution in [0, 0.1) is 0 Å². The molecule has 2 atom stereocenters. The monoisotopic (exact) mass is 366 g/mol. The lowest BCUT2D eigenvalue weighted by atomic mass is 10.1. The highest BCUT2D eigenvalue weighted by Gasteiger charge is 2.24. The maximum atomic E-state index is 12.6. The number of amides is 2. The summed E-state index contributed by atoms with van der Waals surface area (Å²) in [4.78, 5) is 25.4. The minimum absolute atomic E-state index is 0.0456. The fraction of sp³-hybridized carbons (Fsp3) is 0.200. The summed E-state index contributed by atoms with van der Waals surface area (Å²) in [6.45, 7) is 3.74.